The standard InChI is InChI=1S/C12H23NO2.ClH/c1-12(2,3)15-11(14)10(13)9-7-5-4-6-8-9;/h9-10H,4-8,13H2,1-3H3;1H/t10-;/m0./s1. The average Bonchev–Trinajstić information content (AvgIpc) is 2.15. The van der Waals surface area contributed by atoms with Gasteiger partial charge in [0.2, 0.25) is 0 Å². The summed E-state index contributed by atoms with van der Waals surface area (Å²) in [6.45, 7) is 5.62. The van der Waals surface area contributed by atoms with Crippen molar-refractivity contribution in [3.05, 3.63) is 0 Å². The molecule has 0 radical (unpaired) electrons. The lowest BCUT2D eigenvalue weighted by atomic mass is 9.84. The molecule has 1 atom stereocenters. The van der Waals surface area contributed by atoms with Gasteiger partial charge in [0.05, 0.1) is 0 Å². The number of hydrogen-bond donors (Lipinski definition) is 1. The molecule has 2 N–H and O–H groups in total. The van der Waals surface area contributed by atoms with Crippen LogP contribution in [0.1, 0.15) is 52.9 Å². The van der Waals surface area contributed by atoms with Gasteiger partial charge < -0.3 is 10.5 Å². The second-order valence-corrected chi connectivity index (χ2v) is 5.46. The maximum atomic E-state index is 11.7. The number of carbonyl (C=O) groups excluding carboxylic acids is 1. The van der Waals surface area contributed by atoms with E-state index in [1.807, 2.05) is 20.8 Å². The highest BCUT2D eigenvalue weighted by molar-refractivity contribution is 5.85. The number of hydrogen-bond acceptors (Lipinski definition) is 3. The van der Waals surface area contributed by atoms with Crippen LogP contribution in [0.4, 0.5) is 0 Å². The molecule has 1 rings (SSSR count). The first-order chi connectivity index (χ1) is 6.90. The SMILES string of the molecule is CC(C)(C)OC(=O)[C@@H](N)C1CCCCC1.Cl. The second kappa shape index (κ2) is 6.45. The number of rotatable bonds is 2. The average molecular weight is 250 g/mol. The number of nitrogens with two attached hydrogens (primary N) is 1. The van der Waals surface area contributed by atoms with Crippen molar-refractivity contribution in [2.45, 2.75) is 64.5 Å². The van der Waals surface area contributed by atoms with E-state index in [1.54, 1.807) is 0 Å². The summed E-state index contributed by atoms with van der Waals surface area (Å²) in [6, 6.07) is -0.426. The maximum absolute atomic E-state index is 11.7. The fourth-order valence-corrected chi connectivity index (χ4v) is 2.06. The molecule has 0 heterocycles. The first-order valence-corrected chi connectivity index (χ1v) is 5.88. The van der Waals surface area contributed by atoms with E-state index in [2.05, 4.69) is 0 Å². The number of halogens is 1. The molecule has 0 aromatic carbocycles. The van der Waals surface area contributed by atoms with Gasteiger partial charge in [-0.3, -0.25) is 4.79 Å². The molecule has 4 heteroatoms. The van der Waals surface area contributed by atoms with Crippen LogP contribution in [0, 0.1) is 5.92 Å². The van der Waals surface area contributed by atoms with Crippen LogP contribution in [0.25, 0.3) is 0 Å². The van der Waals surface area contributed by atoms with E-state index in [9.17, 15) is 4.79 Å². The summed E-state index contributed by atoms with van der Waals surface area (Å²) in [7, 11) is 0. The summed E-state index contributed by atoms with van der Waals surface area (Å²) in [5.41, 5.74) is 5.50. The predicted octanol–water partition coefficient (Wildman–Crippen LogP) is 2.66. The minimum atomic E-state index is -0.427. The van der Waals surface area contributed by atoms with Crippen LogP contribution in [0.15, 0.2) is 0 Å². The van der Waals surface area contributed by atoms with E-state index in [0.29, 0.717) is 5.92 Å². The van der Waals surface area contributed by atoms with Gasteiger partial charge in [-0.05, 0) is 39.5 Å². The summed E-state index contributed by atoms with van der Waals surface area (Å²) in [6.07, 6.45) is 5.81. The van der Waals surface area contributed by atoms with Crippen LogP contribution >= 0.6 is 12.4 Å². The Morgan fingerprint density at radius 3 is 2.19 bits per heavy atom. The molecule has 1 saturated carbocycles. The third kappa shape index (κ3) is 5.17. The molecule has 0 unspecified atom stereocenters. The topological polar surface area (TPSA) is 52.3 Å². The number of esters is 1. The largest absolute Gasteiger partial charge is 0.459 e. The van der Waals surface area contributed by atoms with Crippen molar-refractivity contribution in [1.29, 1.82) is 0 Å². The Bertz CT molecular complexity index is 220. The molecule has 16 heavy (non-hydrogen) atoms. The predicted molar refractivity (Wildman–Crippen MR) is 67.6 cm³/mol. The molecule has 0 bridgehead atoms. The summed E-state index contributed by atoms with van der Waals surface area (Å²) in [4.78, 5) is 11.7. The summed E-state index contributed by atoms with van der Waals surface area (Å²) < 4.78 is 5.29. The Labute approximate surface area is 105 Å². The van der Waals surface area contributed by atoms with Gasteiger partial charge in [-0.1, -0.05) is 19.3 Å². The molecule has 0 spiro atoms. The molecule has 1 aliphatic rings. The first-order valence-electron chi connectivity index (χ1n) is 5.88. The van der Waals surface area contributed by atoms with Crippen molar-refractivity contribution < 1.29 is 9.53 Å². The summed E-state index contributed by atoms with van der Waals surface area (Å²) in [5.74, 6) is 0.0861. The third-order valence-electron chi connectivity index (χ3n) is 2.84. The minimum absolute atomic E-state index is 0. The Balaban J connectivity index is 0.00000225. The Hall–Kier alpha value is -0.280. The Morgan fingerprint density at radius 1 is 1.25 bits per heavy atom. The van der Waals surface area contributed by atoms with Gasteiger partial charge in [-0.15, -0.1) is 12.4 Å². The fourth-order valence-electron chi connectivity index (χ4n) is 2.06. The van der Waals surface area contributed by atoms with Crippen molar-refractivity contribution in [2.24, 2.45) is 11.7 Å². The molecule has 0 aliphatic heterocycles. The molecular weight excluding hydrogens is 226 g/mol. The zero-order valence-electron chi connectivity index (χ0n) is 10.5. The van der Waals surface area contributed by atoms with E-state index < -0.39 is 11.6 Å². The van der Waals surface area contributed by atoms with E-state index >= 15 is 0 Å². The van der Waals surface area contributed by atoms with E-state index in [1.165, 1.54) is 19.3 Å². The van der Waals surface area contributed by atoms with Gasteiger partial charge in [0.15, 0.2) is 0 Å². The van der Waals surface area contributed by atoms with E-state index in [0.717, 1.165) is 12.8 Å². The molecule has 0 amide bonds. The highest BCUT2D eigenvalue weighted by atomic mass is 35.5. The molecule has 1 aliphatic carbocycles. The summed E-state index contributed by atoms with van der Waals surface area (Å²) in [5, 5.41) is 0. The summed E-state index contributed by atoms with van der Waals surface area (Å²) >= 11 is 0. The Morgan fingerprint density at radius 2 is 1.75 bits per heavy atom. The Kier molecular flexibility index (Phi) is 6.34. The van der Waals surface area contributed by atoms with Crippen molar-refractivity contribution in [2.75, 3.05) is 0 Å². The first kappa shape index (κ1) is 15.7. The van der Waals surface area contributed by atoms with Crippen molar-refractivity contribution in [3.63, 3.8) is 0 Å². The van der Waals surface area contributed by atoms with Gasteiger partial charge >= 0.3 is 5.97 Å². The highest BCUT2D eigenvalue weighted by Gasteiger charge is 2.29. The van der Waals surface area contributed by atoms with Crippen molar-refractivity contribution >= 4 is 18.4 Å². The zero-order valence-corrected chi connectivity index (χ0v) is 11.3. The van der Waals surface area contributed by atoms with Gasteiger partial charge in [0.25, 0.3) is 0 Å². The number of carbonyl (C=O) groups is 1. The lowest BCUT2D eigenvalue weighted by molar-refractivity contribution is -0.158. The van der Waals surface area contributed by atoms with Crippen LogP contribution in [0.2, 0.25) is 0 Å². The molecule has 96 valence electrons. The van der Waals surface area contributed by atoms with Crippen LogP contribution in [-0.2, 0) is 9.53 Å². The van der Waals surface area contributed by atoms with Crippen LogP contribution in [0.5, 0.6) is 0 Å². The van der Waals surface area contributed by atoms with Crippen molar-refractivity contribution in [3.8, 4) is 0 Å². The highest BCUT2D eigenvalue weighted by Crippen LogP contribution is 2.26. The smallest absolute Gasteiger partial charge is 0.323 e. The van der Waals surface area contributed by atoms with Gasteiger partial charge in [0.1, 0.15) is 11.6 Å². The monoisotopic (exact) mass is 249 g/mol. The van der Waals surface area contributed by atoms with Crippen molar-refractivity contribution in [1.82, 2.24) is 0 Å². The van der Waals surface area contributed by atoms with Crippen LogP contribution < -0.4 is 5.73 Å². The second-order valence-electron chi connectivity index (χ2n) is 5.46. The zero-order chi connectivity index (χ0) is 11.5. The molecule has 3 nitrogen and oxygen atoms in total. The van der Waals surface area contributed by atoms with Crippen LogP contribution in [0.3, 0.4) is 0 Å². The molecular formula is C12H24ClNO2. The van der Waals surface area contributed by atoms with E-state index in [-0.39, 0.29) is 18.4 Å². The normalized spacial score (nSPS) is 19.8. The van der Waals surface area contributed by atoms with Gasteiger partial charge in [0, 0.05) is 0 Å². The quantitative estimate of drug-likeness (QED) is 0.766. The molecule has 1 fully saturated rings. The molecule has 0 aromatic heterocycles. The van der Waals surface area contributed by atoms with E-state index in [4.69, 9.17) is 10.5 Å². The lowest BCUT2D eigenvalue weighted by Crippen LogP contribution is -2.43. The minimum Gasteiger partial charge on any atom is -0.459 e. The van der Waals surface area contributed by atoms with Gasteiger partial charge in [-0.2, -0.15) is 0 Å². The lowest BCUT2D eigenvalue weighted by Gasteiger charge is -2.29. The molecule has 0 aromatic rings. The maximum Gasteiger partial charge on any atom is 0.323 e. The van der Waals surface area contributed by atoms with Crippen LogP contribution in [-0.4, -0.2) is 17.6 Å². The third-order valence-corrected chi connectivity index (χ3v) is 2.84. The van der Waals surface area contributed by atoms with Gasteiger partial charge in [-0.25, -0.2) is 0 Å². The number of ether oxygens (including phenoxy) is 1. The fraction of sp³-hybridized carbons (Fsp3) is 0.917. The molecule has 0 saturated heterocycles.